The molecule has 0 aliphatic rings. The van der Waals surface area contributed by atoms with Gasteiger partial charge in [-0.25, -0.2) is 9.78 Å². The van der Waals surface area contributed by atoms with Crippen LogP contribution in [-0.2, 0) is 4.74 Å². The smallest absolute Gasteiger partial charge is 0.350 e. The Kier molecular flexibility index (Phi) is 5.27. The second-order valence-corrected chi connectivity index (χ2v) is 7.08. The summed E-state index contributed by atoms with van der Waals surface area (Å²) in [6, 6.07) is 17.0. The highest BCUT2D eigenvalue weighted by Gasteiger charge is 2.19. The molecule has 0 saturated heterocycles. The van der Waals surface area contributed by atoms with Crippen LogP contribution in [0.25, 0.3) is 11.3 Å². The lowest BCUT2D eigenvalue weighted by Crippen LogP contribution is -2.03. The Labute approximate surface area is 152 Å². The van der Waals surface area contributed by atoms with Gasteiger partial charge in [0.15, 0.2) is 3.92 Å². The number of carbonyl (C=O) groups excluding carboxylic acids is 1. The van der Waals surface area contributed by atoms with Crippen LogP contribution in [0.5, 0.6) is 11.5 Å². The fourth-order valence-corrected chi connectivity index (χ4v) is 3.50. The summed E-state index contributed by atoms with van der Waals surface area (Å²) >= 11 is 4.60. The largest absolute Gasteiger partial charge is 0.462 e. The Morgan fingerprint density at radius 3 is 2.42 bits per heavy atom. The summed E-state index contributed by atoms with van der Waals surface area (Å²) in [5, 5.41) is 0. The molecule has 0 amide bonds. The van der Waals surface area contributed by atoms with Gasteiger partial charge in [-0.05, 0) is 59.3 Å². The number of rotatable bonds is 5. The quantitative estimate of drug-likeness (QED) is 0.524. The highest BCUT2D eigenvalue weighted by molar-refractivity contribution is 9.11. The van der Waals surface area contributed by atoms with E-state index >= 15 is 0 Å². The first-order chi connectivity index (χ1) is 11.7. The fourth-order valence-electron chi connectivity index (χ4n) is 2.13. The number of halogens is 1. The number of esters is 1. The lowest BCUT2D eigenvalue weighted by Gasteiger charge is -2.07. The maximum atomic E-state index is 12.1. The Balaban J connectivity index is 1.85. The van der Waals surface area contributed by atoms with Crippen LogP contribution >= 0.6 is 27.3 Å². The van der Waals surface area contributed by atoms with Crippen LogP contribution in [0.15, 0.2) is 58.5 Å². The molecule has 0 unspecified atom stereocenters. The number of ether oxygens (including phenoxy) is 2. The van der Waals surface area contributed by atoms with Gasteiger partial charge in [-0.15, -0.1) is 0 Å². The Bertz CT molecular complexity index is 831. The van der Waals surface area contributed by atoms with Crippen LogP contribution in [0.1, 0.15) is 16.6 Å². The molecule has 0 saturated carbocycles. The zero-order valence-electron chi connectivity index (χ0n) is 12.9. The van der Waals surface area contributed by atoms with Crippen LogP contribution in [-0.4, -0.2) is 17.6 Å². The normalized spacial score (nSPS) is 10.4. The summed E-state index contributed by atoms with van der Waals surface area (Å²) in [7, 11) is 0. The van der Waals surface area contributed by atoms with E-state index in [2.05, 4.69) is 20.9 Å². The minimum absolute atomic E-state index is 0.331. The molecule has 0 aliphatic carbocycles. The number of aromatic nitrogens is 1. The maximum absolute atomic E-state index is 12.1. The van der Waals surface area contributed by atoms with Gasteiger partial charge in [-0.2, -0.15) is 0 Å². The summed E-state index contributed by atoms with van der Waals surface area (Å²) in [5.74, 6) is 1.13. The van der Waals surface area contributed by atoms with Gasteiger partial charge < -0.3 is 9.47 Å². The molecule has 0 atom stereocenters. The summed E-state index contributed by atoms with van der Waals surface area (Å²) in [6.45, 7) is 2.11. The Morgan fingerprint density at radius 2 is 1.75 bits per heavy atom. The molecule has 2 aromatic carbocycles. The third-order valence-electron chi connectivity index (χ3n) is 3.17. The monoisotopic (exact) mass is 403 g/mol. The molecule has 0 fully saturated rings. The number of benzene rings is 2. The summed E-state index contributed by atoms with van der Waals surface area (Å²) in [6.07, 6.45) is 0. The number of hydrogen-bond donors (Lipinski definition) is 0. The molecule has 24 heavy (non-hydrogen) atoms. The van der Waals surface area contributed by atoms with Gasteiger partial charge in [0, 0.05) is 5.56 Å². The van der Waals surface area contributed by atoms with E-state index in [9.17, 15) is 4.79 Å². The van der Waals surface area contributed by atoms with Crippen molar-refractivity contribution in [3.63, 3.8) is 0 Å². The van der Waals surface area contributed by atoms with Gasteiger partial charge in [0.25, 0.3) is 0 Å². The molecule has 3 rings (SSSR count). The van der Waals surface area contributed by atoms with Gasteiger partial charge in [0.2, 0.25) is 0 Å². The van der Waals surface area contributed by atoms with Crippen molar-refractivity contribution in [3.05, 3.63) is 63.4 Å². The van der Waals surface area contributed by atoms with Crippen molar-refractivity contribution in [2.45, 2.75) is 6.92 Å². The molecule has 4 nitrogen and oxygen atoms in total. The second-order valence-electron chi connectivity index (χ2n) is 4.80. The van der Waals surface area contributed by atoms with Crippen molar-refractivity contribution in [1.29, 1.82) is 0 Å². The highest BCUT2D eigenvalue weighted by Crippen LogP contribution is 2.33. The predicted octanol–water partition coefficient (Wildman–Crippen LogP) is 5.54. The van der Waals surface area contributed by atoms with Crippen LogP contribution < -0.4 is 4.74 Å². The molecular formula is C18H14BrNO3S. The second kappa shape index (κ2) is 7.59. The zero-order chi connectivity index (χ0) is 16.9. The average molecular weight is 404 g/mol. The summed E-state index contributed by atoms with van der Waals surface area (Å²) < 4.78 is 11.5. The molecule has 0 aliphatic heterocycles. The predicted molar refractivity (Wildman–Crippen MR) is 97.7 cm³/mol. The molecular weight excluding hydrogens is 390 g/mol. The minimum Gasteiger partial charge on any atom is -0.462 e. The molecule has 1 heterocycles. The third-order valence-corrected chi connectivity index (χ3v) is 4.66. The van der Waals surface area contributed by atoms with Crippen molar-refractivity contribution >= 4 is 33.2 Å². The standard InChI is InChI=1S/C18H14BrNO3S/c1-2-22-17(21)16-15(20-18(19)24-16)12-8-10-14(11-9-12)23-13-6-4-3-5-7-13/h3-11H,2H2,1H3. The van der Waals surface area contributed by atoms with Crippen molar-refractivity contribution in [1.82, 2.24) is 4.98 Å². The molecule has 122 valence electrons. The zero-order valence-corrected chi connectivity index (χ0v) is 15.3. The van der Waals surface area contributed by atoms with E-state index in [-0.39, 0.29) is 5.97 Å². The van der Waals surface area contributed by atoms with Crippen molar-refractivity contribution in [3.8, 4) is 22.8 Å². The van der Waals surface area contributed by atoms with Crippen LogP contribution in [0.2, 0.25) is 0 Å². The molecule has 3 aromatic rings. The third kappa shape index (κ3) is 3.83. The van der Waals surface area contributed by atoms with Crippen molar-refractivity contribution in [2.75, 3.05) is 6.61 Å². The molecule has 0 bridgehead atoms. The van der Waals surface area contributed by atoms with Crippen molar-refractivity contribution < 1.29 is 14.3 Å². The van der Waals surface area contributed by atoms with Gasteiger partial charge in [-0.1, -0.05) is 29.5 Å². The fraction of sp³-hybridized carbons (Fsp3) is 0.111. The van der Waals surface area contributed by atoms with Gasteiger partial charge in [0.05, 0.1) is 12.3 Å². The topological polar surface area (TPSA) is 48.4 Å². The van der Waals surface area contributed by atoms with E-state index in [4.69, 9.17) is 9.47 Å². The van der Waals surface area contributed by atoms with E-state index in [1.54, 1.807) is 6.92 Å². The number of nitrogens with zero attached hydrogens (tertiary/aromatic N) is 1. The van der Waals surface area contributed by atoms with Crippen LogP contribution in [0.4, 0.5) is 0 Å². The first kappa shape index (κ1) is 16.7. The van der Waals surface area contributed by atoms with Crippen LogP contribution in [0.3, 0.4) is 0 Å². The first-order valence-electron chi connectivity index (χ1n) is 7.34. The number of hydrogen-bond acceptors (Lipinski definition) is 5. The number of thiazole rings is 1. The molecule has 0 N–H and O–H groups in total. The summed E-state index contributed by atoms with van der Waals surface area (Å²) in [5.41, 5.74) is 1.44. The number of carbonyl (C=O) groups is 1. The maximum Gasteiger partial charge on any atom is 0.350 e. The first-order valence-corrected chi connectivity index (χ1v) is 8.95. The molecule has 0 spiro atoms. The van der Waals surface area contributed by atoms with Gasteiger partial charge in [0.1, 0.15) is 16.4 Å². The van der Waals surface area contributed by atoms with Gasteiger partial charge in [-0.3, -0.25) is 0 Å². The Hall–Kier alpha value is -2.18. The van der Waals surface area contributed by atoms with Crippen molar-refractivity contribution in [2.24, 2.45) is 0 Å². The molecule has 6 heteroatoms. The highest BCUT2D eigenvalue weighted by atomic mass is 79.9. The van der Waals surface area contributed by atoms with Gasteiger partial charge >= 0.3 is 5.97 Å². The number of para-hydroxylation sites is 1. The van der Waals surface area contributed by atoms with E-state index in [1.165, 1.54) is 11.3 Å². The SMILES string of the molecule is CCOC(=O)c1sc(Br)nc1-c1ccc(Oc2ccccc2)cc1. The molecule has 0 radical (unpaired) electrons. The van der Waals surface area contributed by atoms with E-state index in [0.717, 1.165) is 17.1 Å². The van der Waals surface area contributed by atoms with E-state index < -0.39 is 0 Å². The average Bonchev–Trinajstić information content (AvgIpc) is 2.99. The van der Waals surface area contributed by atoms with E-state index in [1.807, 2.05) is 54.6 Å². The lowest BCUT2D eigenvalue weighted by molar-refractivity contribution is 0.0532. The lowest BCUT2D eigenvalue weighted by atomic mass is 10.1. The van der Waals surface area contributed by atoms with Crippen LogP contribution in [0, 0.1) is 0 Å². The van der Waals surface area contributed by atoms with E-state index in [0.29, 0.717) is 21.1 Å². The molecule has 1 aromatic heterocycles. The summed E-state index contributed by atoms with van der Waals surface area (Å²) in [4.78, 5) is 16.9. The minimum atomic E-state index is -0.361. The Morgan fingerprint density at radius 1 is 1.08 bits per heavy atom.